The highest BCUT2D eigenvalue weighted by Crippen LogP contribution is 2.33. The summed E-state index contributed by atoms with van der Waals surface area (Å²) < 4.78 is 16.8. The minimum Gasteiger partial charge on any atom is -0.490 e. The molecule has 6 nitrogen and oxygen atoms in total. The topological polar surface area (TPSA) is 60.0 Å². The first-order valence-electron chi connectivity index (χ1n) is 8.84. The van der Waals surface area contributed by atoms with Gasteiger partial charge in [-0.15, -0.1) is 0 Å². The number of hydrogen-bond acceptors (Lipinski definition) is 4. The highest BCUT2D eigenvalue weighted by Gasteiger charge is 2.35. The van der Waals surface area contributed by atoms with E-state index in [1.165, 1.54) is 0 Å². The number of ether oxygens (including phenoxy) is 3. The molecule has 1 saturated heterocycles. The molecule has 1 aliphatic carbocycles. The zero-order valence-corrected chi connectivity index (χ0v) is 13.8. The first-order valence-corrected chi connectivity index (χ1v) is 8.84. The van der Waals surface area contributed by atoms with E-state index >= 15 is 0 Å². The number of carbonyl (C=O) groups excluding carboxylic acids is 1. The van der Waals surface area contributed by atoms with Crippen molar-refractivity contribution in [1.82, 2.24) is 4.90 Å². The Hall–Kier alpha value is -1.95. The predicted molar refractivity (Wildman–Crippen MR) is 89.7 cm³/mol. The van der Waals surface area contributed by atoms with E-state index in [1.807, 2.05) is 23.1 Å². The Morgan fingerprint density at radius 3 is 2.71 bits per heavy atom. The maximum atomic E-state index is 12.7. The molecule has 2 amide bonds. The third-order valence-electron chi connectivity index (χ3n) is 4.73. The molecule has 1 N–H and O–H groups in total. The molecule has 3 aliphatic rings. The molecule has 2 heterocycles. The second-order valence-electron chi connectivity index (χ2n) is 6.76. The summed E-state index contributed by atoms with van der Waals surface area (Å²) >= 11 is 0. The number of carbonyl (C=O) groups is 1. The maximum absolute atomic E-state index is 12.7. The molecule has 1 aromatic carbocycles. The molecule has 1 atom stereocenters. The molecule has 0 bridgehead atoms. The highest BCUT2D eigenvalue weighted by molar-refractivity contribution is 5.90. The lowest BCUT2D eigenvalue weighted by Crippen LogP contribution is -2.40. The van der Waals surface area contributed by atoms with Crippen LogP contribution in [0.1, 0.15) is 25.7 Å². The van der Waals surface area contributed by atoms with Crippen molar-refractivity contribution >= 4 is 11.7 Å². The van der Waals surface area contributed by atoms with Gasteiger partial charge in [-0.25, -0.2) is 4.79 Å². The number of benzene rings is 1. The molecule has 6 heteroatoms. The number of amides is 2. The normalized spacial score (nSPS) is 22.8. The second kappa shape index (κ2) is 6.89. The lowest BCUT2D eigenvalue weighted by Gasteiger charge is -2.25. The van der Waals surface area contributed by atoms with Crippen LogP contribution in [0.4, 0.5) is 10.5 Å². The molecule has 1 saturated carbocycles. The van der Waals surface area contributed by atoms with Gasteiger partial charge in [-0.3, -0.25) is 0 Å². The Kier molecular flexibility index (Phi) is 4.47. The third kappa shape index (κ3) is 3.59. The van der Waals surface area contributed by atoms with Gasteiger partial charge >= 0.3 is 6.03 Å². The summed E-state index contributed by atoms with van der Waals surface area (Å²) in [5.41, 5.74) is 0.748. The van der Waals surface area contributed by atoms with E-state index in [0.717, 1.165) is 56.9 Å². The summed E-state index contributed by atoms with van der Waals surface area (Å²) in [6, 6.07) is 5.94. The van der Waals surface area contributed by atoms with E-state index in [1.54, 1.807) is 0 Å². The number of urea groups is 1. The van der Waals surface area contributed by atoms with Gasteiger partial charge in [0.1, 0.15) is 0 Å². The number of nitrogens with zero attached hydrogens (tertiary/aromatic N) is 1. The predicted octanol–water partition coefficient (Wildman–Crippen LogP) is 2.88. The fraction of sp³-hybridized carbons (Fsp3) is 0.611. The van der Waals surface area contributed by atoms with Crippen LogP contribution in [0.2, 0.25) is 0 Å². The van der Waals surface area contributed by atoms with Crippen LogP contribution in [-0.2, 0) is 4.74 Å². The third-order valence-corrected chi connectivity index (χ3v) is 4.73. The van der Waals surface area contributed by atoms with Crippen LogP contribution in [0.5, 0.6) is 11.5 Å². The standard InChI is InChI=1S/C18H24N2O4/c21-18(20(15-3-4-15)11-13-6-9-22-12-13)19-14-2-5-16-17(10-14)24-8-1-7-23-16/h2,5,10,13,15H,1,3-4,6-9,11-12H2,(H,19,21)/t13-/m0/s1. The van der Waals surface area contributed by atoms with Crippen LogP contribution in [0.3, 0.4) is 0 Å². The Bertz CT molecular complexity index is 597. The number of hydrogen-bond donors (Lipinski definition) is 1. The molecule has 0 radical (unpaired) electrons. The summed E-state index contributed by atoms with van der Waals surface area (Å²) in [6.45, 7) is 3.66. The molecule has 0 unspecified atom stereocenters. The van der Waals surface area contributed by atoms with Crippen molar-refractivity contribution in [3.63, 3.8) is 0 Å². The first kappa shape index (κ1) is 15.6. The van der Waals surface area contributed by atoms with Crippen molar-refractivity contribution in [2.24, 2.45) is 5.92 Å². The van der Waals surface area contributed by atoms with Gasteiger partial charge in [0.25, 0.3) is 0 Å². The quantitative estimate of drug-likeness (QED) is 0.921. The SMILES string of the molecule is O=C(Nc1ccc2c(c1)OCCCO2)N(C[C@@H]1CCOC1)C1CC1. The van der Waals surface area contributed by atoms with E-state index < -0.39 is 0 Å². The summed E-state index contributed by atoms with van der Waals surface area (Å²) in [5, 5.41) is 3.02. The van der Waals surface area contributed by atoms with Gasteiger partial charge in [-0.05, 0) is 31.4 Å². The summed E-state index contributed by atoms with van der Waals surface area (Å²) in [5.74, 6) is 1.90. The van der Waals surface area contributed by atoms with E-state index in [-0.39, 0.29) is 6.03 Å². The van der Waals surface area contributed by atoms with Crippen molar-refractivity contribution in [1.29, 1.82) is 0 Å². The fourth-order valence-electron chi connectivity index (χ4n) is 3.23. The zero-order valence-electron chi connectivity index (χ0n) is 13.8. The van der Waals surface area contributed by atoms with Crippen LogP contribution in [0, 0.1) is 5.92 Å². The molecule has 24 heavy (non-hydrogen) atoms. The fourth-order valence-corrected chi connectivity index (χ4v) is 3.23. The summed E-state index contributed by atoms with van der Waals surface area (Å²) in [7, 11) is 0. The molecule has 1 aromatic rings. The molecule has 4 rings (SSSR count). The molecule has 0 aromatic heterocycles. The molecule has 2 aliphatic heterocycles. The second-order valence-corrected chi connectivity index (χ2v) is 6.76. The van der Waals surface area contributed by atoms with E-state index in [0.29, 0.717) is 30.9 Å². The van der Waals surface area contributed by atoms with Gasteiger partial charge in [0.2, 0.25) is 0 Å². The zero-order chi connectivity index (χ0) is 16.4. The minimum atomic E-state index is -0.0288. The molecule has 130 valence electrons. The van der Waals surface area contributed by atoms with Crippen LogP contribution in [0.15, 0.2) is 18.2 Å². The van der Waals surface area contributed by atoms with Crippen LogP contribution in [-0.4, -0.2) is 49.9 Å². The van der Waals surface area contributed by atoms with Crippen molar-refractivity contribution < 1.29 is 19.0 Å². The summed E-state index contributed by atoms with van der Waals surface area (Å²) in [4.78, 5) is 14.7. The highest BCUT2D eigenvalue weighted by atomic mass is 16.5. The van der Waals surface area contributed by atoms with Crippen LogP contribution in [0.25, 0.3) is 0 Å². The first-order chi connectivity index (χ1) is 11.8. The smallest absolute Gasteiger partial charge is 0.322 e. The van der Waals surface area contributed by atoms with Crippen LogP contribution >= 0.6 is 0 Å². The van der Waals surface area contributed by atoms with Gasteiger partial charge in [-0.1, -0.05) is 0 Å². The Morgan fingerprint density at radius 2 is 1.96 bits per heavy atom. The molecule has 0 spiro atoms. The molecular formula is C18H24N2O4. The minimum absolute atomic E-state index is 0.0288. The van der Waals surface area contributed by atoms with E-state index in [4.69, 9.17) is 14.2 Å². The monoisotopic (exact) mass is 332 g/mol. The van der Waals surface area contributed by atoms with Crippen LogP contribution < -0.4 is 14.8 Å². The van der Waals surface area contributed by atoms with Gasteiger partial charge in [-0.2, -0.15) is 0 Å². The van der Waals surface area contributed by atoms with Gasteiger partial charge in [0.15, 0.2) is 11.5 Å². The Morgan fingerprint density at radius 1 is 1.12 bits per heavy atom. The number of anilines is 1. The van der Waals surface area contributed by atoms with E-state index in [2.05, 4.69) is 5.32 Å². The van der Waals surface area contributed by atoms with Gasteiger partial charge < -0.3 is 24.4 Å². The number of fused-ring (bicyclic) bond motifs is 1. The van der Waals surface area contributed by atoms with Crippen molar-refractivity contribution in [2.75, 3.05) is 38.3 Å². The lowest BCUT2D eigenvalue weighted by molar-refractivity contribution is 0.167. The maximum Gasteiger partial charge on any atom is 0.322 e. The average molecular weight is 332 g/mol. The average Bonchev–Trinajstić information content (AvgIpc) is 3.34. The van der Waals surface area contributed by atoms with Crippen molar-refractivity contribution in [3.05, 3.63) is 18.2 Å². The van der Waals surface area contributed by atoms with Crippen molar-refractivity contribution in [2.45, 2.75) is 31.7 Å². The van der Waals surface area contributed by atoms with Crippen molar-refractivity contribution in [3.8, 4) is 11.5 Å². The molecule has 2 fully saturated rings. The largest absolute Gasteiger partial charge is 0.490 e. The summed E-state index contributed by atoms with van der Waals surface area (Å²) in [6.07, 6.45) is 4.11. The Labute approximate surface area is 142 Å². The number of rotatable bonds is 4. The number of nitrogens with one attached hydrogen (secondary N) is 1. The van der Waals surface area contributed by atoms with Gasteiger partial charge in [0, 0.05) is 43.3 Å². The van der Waals surface area contributed by atoms with E-state index in [9.17, 15) is 4.79 Å². The van der Waals surface area contributed by atoms with Gasteiger partial charge in [0.05, 0.1) is 19.8 Å². The lowest BCUT2D eigenvalue weighted by atomic mass is 10.1. The Balaban J connectivity index is 1.43. The molecular weight excluding hydrogens is 308 g/mol.